The van der Waals surface area contributed by atoms with E-state index in [0.717, 1.165) is 32.5 Å². The second-order valence-corrected chi connectivity index (χ2v) is 6.08. The number of amides is 1. The molecule has 2 heterocycles. The summed E-state index contributed by atoms with van der Waals surface area (Å²) in [6, 6.07) is 4.19. The molecule has 0 aliphatic carbocycles. The van der Waals surface area contributed by atoms with Crippen molar-refractivity contribution in [2.75, 3.05) is 26.7 Å². The standard InChI is InChI=1S/C13H20N2OS/c1-13(6-7-14-10-13)12(16)15(2)8-5-11-4-3-9-17-11/h3-4,9,14H,5-8,10H2,1-2H3. The van der Waals surface area contributed by atoms with Gasteiger partial charge in [0.2, 0.25) is 5.91 Å². The maximum Gasteiger partial charge on any atom is 0.229 e. The third-order valence-corrected chi connectivity index (χ3v) is 4.44. The van der Waals surface area contributed by atoms with Gasteiger partial charge in [-0.25, -0.2) is 0 Å². The largest absolute Gasteiger partial charge is 0.345 e. The van der Waals surface area contributed by atoms with E-state index in [9.17, 15) is 4.79 Å². The number of hydrogen-bond donors (Lipinski definition) is 1. The Balaban J connectivity index is 1.87. The fraction of sp³-hybridized carbons (Fsp3) is 0.615. The van der Waals surface area contributed by atoms with Gasteiger partial charge in [-0.15, -0.1) is 11.3 Å². The molecule has 4 heteroatoms. The highest BCUT2D eigenvalue weighted by atomic mass is 32.1. The Bertz CT molecular complexity index is 369. The van der Waals surface area contributed by atoms with Crippen LogP contribution in [-0.2, 0) is 11.2 Å². The van der Waals surface area contributed by atoms with Gasteiger partial charge >= 0.3 is 0 Å². The molecular weight excluding hydrogens is 232 g/mol. The molecule has 1 aromatic heterocycles. The van der Waals surface area contributed by atoms with Crippen molar-refractivity contribution < 1.29 is 4.79 Å². The lowest BCUT2D eigenvalue weighted by molar-refractivity contribution is -0.138. The minimum atomic E-state index is -0.190. The van der Waals surface area contributed by atoms with Crippen LogP contribution in [0.2, 0.25) is 0 Å². The maximum atomic E-state index is 12.3. The highest BCUT2D eigenvalue weighted by molar-refractivity contribution is 7.09. The summed E-state index contributed by atoms with van der Waals surface area (Å²) < 4.78 is 0. The van der Waals surface area contributed by atoms with Crippen molar-refractivity contribution in [3.63, 3.8) is 0 Å². The number of nitrogens with zero attached hydrogens (tertiary/aromatic N) is 1. The summed E-state index contributed by atoms with van der Waals surface area (Å²) in [6.07, 6.45) is 1.92. The lowest BCUT2D eigenvalue weighted by atomic mass is 9.88. The zero-order valence-electron chi connectivity index (χ0n) is 10.5. The van der Waals surface area contributed by atoms with E-state index in [0.29, 0.717) is 0 Å². The van der Waals surface area contributed by atoms with Crippen LogP contribution in [0.15, 0.2) is 17.5 Å². The average Bonchev–Trinajstić information content (AvgIpc) is 2.96. The fourth-order valence-corrected chi connectivity index (χ4v) is 2.99. The van der Waals surface area contributed by atoms with Crippen molar-refractivity contribution >= 4 is 17.2 Å². The first-order valence-electron chi connectivity index (χ1n) is 6.10. The van der Waals surface area contributed by atoms with E-state index in [2.05, 4.69) is 29.8 Å². The predicted molar refractivity (Wildman–Crippen MR) is 71.3 cm³/mol. The summed E-state index contributed by atoms with van der Waals surface area (Å²) in [5.74, 6) is 0.277. The number of nitrogens with one attached hydrogen (secondary N) is 1. The molecule has 1 amide bonds. The van der Waals surface area contributed by atoms with Crippen molar-refractivity contribution in [3.05, 3.63) is 22.4 Å². The molecule has 1 fully saturated rings. The van der Waals surface area contributed by atoms with E-state index in [1.165, 1.54) is 4.88 Å². The van der Waals surface area contributed by atoms with Gasteiger partial charge in [0.25, 0.3) is 0 Å². The first-order chi connectivity index (χ1) is 8.12. The normalized spacial score (nSPS) is 23.9. The zero-order chi connectivity index (χ0) is 12.3. The van der Waals surface area contributed by atoms with E-state index in [4.69, 9.17) is 0 Å². The van der Waals surface area contributed by atoms with Crippen LogP contribution < -0.4 is 5.32 Å². The number of carbonyl (C=O) groups excluding carboxylic acids is 1. The Hall–Kier alpha value is -0.870. The monoisotopic (exact) mass is 252 g/mol. The molecule has 1 saturated heterocycles. The second kappa shape index (κ2) is 5.19. The van der Waals surface area contributed by atoms with Crippen LogP contribution in [0.25, 0.3) is 0 Å². The summed E-state index contributed by atoms with van der Waals surface area (Å²) in [7, 11) is 1.92. The van der Waals surface area contributed by atoms with Crippen LogP contribution in [0, 0.1) is 5.41 Å². The highest BCUT2D eigenvalue weighted by Crippen LogP contribution is 2.26. The summed E-state index contributed by atoms with van der Waals surface area (Å²) in [5.41, 5.74) is -0.190. The summed E-state index contributed by atoms with van der Waals surface area (Å²) in [5, 5.41) is 5.36. The van der Waals surface area contributed by atoms with Gasteiger partial charge in [-0.2, -0.15) is 0 Å². The molecule has 0 bridgehead atoms. The summed E-state index contributed by atoms with van der Waals surface area (Å²) in [4.78, 5) is 15.5. The molecule has 94 valence electrons. The first-order valence-corrected chi connectivity index (χ1v) is 6.98. The minimum absolute atomic E-state index is 0.190. The predicted octanol–water partition coefficient (Wildman–Crippen LogP) is 1.75. The lowest BCUT2D eigenvalue weighted by Gasteiger charge is -2.28. The Morgan fingerprint density at radius 3 is 3.06 bits per heavy atom. The molecule has 1 unspecified atom stereocenters. The topological polar surface area (TPSA) is 32.3 Å². The van der Waals surface area contributed by atoms with Crippen LogP contribution in [0.1, 0.15) is 18.2 Å². The molecule has 1 aromatic rings. The second-order valence-electron chi connectivity index (χ2n) is 5.04. The molecule has 0 radical (unpaired) electrons. The maximum absolute atomic E-state index is 12.3. The average molecular weight is 252 g/mol. The van der Waals surface area contributed by atoms with Crippen LogP contribution in [0.3, 0.4) is 0 Å². The molecule has 2 rings (SSSR count). The van der Waals surface area contributed by atoms with Gasteiger partial charge < -0.3 is 10.2 Å². The molecular formula is C13H20N2OS. The Kier molecular flexibility index (Phi) is 3.84. The SMILES string of the molecule is CN(CCc1cccs1)C(=O)C1(C)CCNC1. The number of hydrogen-bond acceptors (Lipinski definition) is 3. The van der Waals surface area contributed by atoms with E-state index in [1.54, 1.807) is 11.3 Å². The third-order valence-electron chi connectivity index (χ3n) is 3.51. The van der Waals surface area contributed by atoms with E-state index in [1.807, 2.05) is 11.9 Å². The van der Waals surface area contributed by atoms with Crippen LogP contribution in [0.5, 0.6) is 0 Å². The molecule has 17 heavy (non-hydrogen) atoms. The smallest absolute Gasteiger partial charge is 0.229 e. The Morgan fingerprint density at radius 2 is 2.47 bits per heavy atom. The van der Waals surface area contributed by atoms with E-state index in [-0.39, 0.29) is 11.3 Å². The molecule has 0 saturated carbocycles. The summed E-state index contributed by atoms with van der Waals surface area (Å²) in [6.45, 7) is 4.65. The van der Waals surface area contributed by atoms with Gasteiger partial charge in [-0.3, -0.25) is 4.79 Å². The molecule has 1 aliphatic rings. The molecule has 3 nitrogen and oxygen atoms in total. The van der Waals surface area contributed by atoms with Crippen molar-refractivity contribution in [3.8, 4) is 0 Å². The van der Waals surface area contributed by atoms with Gasteiger partial charge in [-0.1, -0.05) is 6.07 Å². The first kappa shape index (κ1) is 12.6. The van der Waals surface area contributed by atoms with Gasteiger partial charge in [0.1, 0.15) is 0 Å². The molecule has 1 N–H and O–H groups in total. The Morgan fingerprint density at radius 1 is 1.65 bits per heavy atom. The fourth-order valence-electron chi connectivity index (χ4n) is 2.29. The van der Waals surface area contributed by atoms with Crippen molar-refractivity contribution in [2.45, 2.75) is 19.8 Å². The lowest BCUT2D eigenvalue weighted by Crippen LogP contribution is -2.42. The zero-order valence-corrected chi connectivity index (χ0v) is 11.3. The molecule has 1 atom stereocenters. The van der Waals surface area contributed by atoms with E-state index < -0.39 is 0 Å². The van der Waals surface area contributed by atoms with E-state index >= 15 is 0 Å². The van der Waals surface area contributed by atoms with Crippen molar-refractivity contribution in [1.29, 1.82) is 0 Å². The number of likely N-dealkylation sites (N-methyl/N-ethyl adjacent to an activating group) is 1. The van der Waals surface area contributed by atoms with Crippen molar-refractivity contribution in [2.24, 2.45) is 5.41 Å². The summed E-state index contributed by atoms with van der Waals surface area (Å²) >= 11 is 1.76. The van der Waals surface area contributed by atoms with Gasteiger partial charge in [0.15, 0.2) is 0 Å². The van der Waals surface area contributed by atoms with Crippen molar-refractivity contribution in [1.82, 2.24) is 10.2 Å². The van der Waals surface area contributed by atoms with Crippen LogP contribution in [0.4, 0.5) is 0 Å². The molecule has 1 aliphatic heterocycles. The number of rotatable bonds is 4. The Labute approximate surface area is 107 Å². The molecule has 0 spiro atoms. The van der Waals surface area contributed by atoms with Crippen LogP contribution >= 0.6 is 11.3 Å². The molecule has 0 aromatic carbocycles. The van der Waals surface area contributed by atoms with Crippen LogP contribution in [-0.4, -0.2) is 37.5 Å². The highest BCUT2D eigenvalue weighted by Gasteiger charge is 2.37. The number of carbonyl (C=O) groups is 1. The van der Waals surface area contributed by atoms with Gasteiger partial charge in [0, 0.05) is 25.0 Å². The third kappa shape index (κ3) is 2.87. The number of thiophene rings is 1. The quantitative estimate of drug-likeness (QED) is 0.885. The van der Waals surface area contributed by atoms with Gasteiger partial charge in [-0.05, 0) is 37.8 Å². The minimum Gasteiger partial charge on any atom is -0.345 e. The van der Waals surface area contributed by atoms with Gasteiger partial charge in [0.05, 0.1) is 5.41 Å².